The van der Waals surface area contributed by atoms with Crippen LogP contribution in [0.4, 0.5) is 11.4 Å². The van der Waals surface area contributed by atoms with Crippen LogP contribution in [0.1, 0.15) is 46.8 Å². The van der Waals surface area contributed by atoms with Gasteiger partial charge in [0.2, 0.25) is 0 Å². The van der Waals surface area contributed by atoms with Gasteiger partial charge in [-0.3, -0.25) is 9.52 Å². The quantitative estimate of drug-likeness (QED) is 0.552. The number of hydrogen-bond donors (Lipinski definition) is 2. The van der Waals surface area contributed by atoms with Crippen molar-refractivity contribution in [3.63, 3.8) is 0 Å². The van der Waals surface area contributed by atoms with E-state index in [1.54, 1.807) is 49.4 Å². The minimum absolute atomic E-state index is 0.174. The molecule has 0 aromatic heterocycles. The topological polar surface area (TPSA) is 75.3 Å². The Labute approximate surface area is 178 Å². The van der Waals surface area contributed by atoms with Crippen molar-refractivity contribution in [1.82, 2.24) is 0 Å². The maximum absolute atomic E-state index is 12.7. The Morgan fingerprint density at radius 2 is 1.50 bits per heavy atom. The lowest BCUT2D eigenvalue weighted by molar-refractivity contribution is 0.102. The third-order valence-corrected chi connectivity index (χ3v) is 6.29. The normalized spacial score (nSPS) is 11.4. The summed E-state index contributed by atoms with van der Waals surface area (Å²) in [5.74, 6) is 0.110. The van der Waals surface area contributed by atoms with Gasteiger partial charge in [0.05, 0.1) is 10.6 Å². The number of rotatable bonds is 6. The molecular weight excluding hydrogens is 396 g/mol. The predicted octanol–water partition coefficient (Wildman–Crippen LogP) is 5.48. The van der Waals surface area contributed by atoms with Crippen LogP contribution in [0.5, 0.6) is 0 Å². The number of carbonyl (C=O) groups excluding carboxylic acids is 1. The van der Waals surface area contributed by atoms with Gasteiger partial charge in [0.25, 0.3) is 15.9 Å². The number of carbonyl (C=O) groups is 1. The molecule has 0 saturated heterocycles. The lowest BCUT2D eigenvalue weighted by Crippen LogP contribution is -2.16. The molecule has 0 aliphatic carbocycles. The molecule has 0 aliphatic heterocycles. The van der Waals surface area contributed by atoms with Gasteiger partial charge >= 0.3 is 0 Å². The molecular formula is C24H26N2O3S. The number of aryl methyl sites for hydroxylation is 2. The monoisotopic (exact) mass is 422 g/mol. The molecule has 6 heteroatoms. The Hall–Kier alpha value is -3.12. The Balaban J connectivity index is 1.80. The minimum atomic E-state index is -3.75. The summed E-state index contributed by atoms with van der Waals surface area (Å²) in [7, 11) is -3.75. The highest BCUT2D eigenvalue weighted by molar-refractivity contribution is 7.92. The van der Waals surface area contributed by atoms with Crippen molar-refractivity contribution >= 4 is 27.3 Å². The largest absolute Gasteiger partial charge is 0.322 e. The number of nitrogens with one attached hydrogen (secondary N) is 2. The van der Waals surface area contributed by atoms with Crippen LogP contribution in [-0.4, -0.2) is 14.3 Å². The molecule has 0 fully saturated rings. The number of anilines is 2. The van der Waals surface area contributed by atoms with E-state index >= 15 is 0 Å². The van der Waals surface area contributed by atoms with Crippen molar-refractivity contribution in [3.05, 3.63) is 89.0 Å². The van der Waals surface area contributed by atoms with Gasteiger partial charge in [0, 0.05) is 11.3 Å². The third-order valence-electron chi connectivity index (χ3n) is 4.91. The van der Waals surface area contributed by atoms with Gasteiger partial charge in [-0.1, -0.05) is 49.7 Å². The molecule has 0 aliphatic rings. The van der Waals surface area contributed by atoms with Gasteiger partial charge < -0.3 is 5.32 Å². The van der Waals surface area contributed by atoms with Crippen molar-refractivity contribution < 1.29 is 13.2 Å². The Morgan fingerprint density at radius 1 is 0.867 bits per heavy atom. The van der Waals surface area contributed by atoms with E-state index in [4.69, 9.17) is 0 Å². The molecule has 2 N–H and O–H groups in total. The Bertz CT molecular complexity index is 1150. The fourth-order valence-electron chi connectivity index (χ4n) is 2.95. The molecule has 0 radical (unpaired) electrons. The van der Waals surface area contributed by atoms with Crippen LogP contribution >= 0.6 is 0 Å². The minimum Gasteiger partial charge on any atom is -0.322 e. The van der Waals surface area contributed by atoms with E-state index in [0.29, 0.717) is 22.9 Å². The number of amides is 1. The van der Waals surface area contributed by atoms with Crippen LogP contribution < -0.4 is 10.0 Å². The first-order chi connectivity index (χ1) is 14.2. The van der Waals surface area contributed by atoms with Crippen molar-refractivity contribution in [3.8, 4) is 0 Å². The van der Waals surface area contributed by atoms with E-state index in [9.17, 15) is 13.2 Å². The van der Waals surface area contributed by atoms with E-state index in [0.717, 1.165) is 11.1 Å². The number of hydrogen-bond acceptors (Lipinski definition) is 3. The lowest BCUT2D eigenvalue weighted by atomic mass is 10.0. The van der Waals surface area contributed by atoms with Gasteiger partial charge in [0.15, 0.2) is 0 Å². The summed E-state index contributed by atoms with van der Waals surface area (Å²) in [6, 6.07) is 19.3. The molecule has 30 heavy (non-hydrogen) atoms. The third kappa shape index (κ3) is 5.07. The van der Waals surface area contributed by atoms with Crippen molar-refractivity contribution in [1.29, 1.82) is 0 Å². The molecule has 3 rings (SSSR count). The zero-order valence-electron chi connectivity index (χ0n) is 17.6. The highest BCUT2D eigenvalue weighted by Gasteiger charge is 2.17. The first kappa shape index (κ1) is 21.6. The highest BCUT2D eigenvalue weighted by atomic mass is 32.2. The van der Waals surface area contributed by atoms with Crippen LogP contribution in [0.25, 0.3) is 0 Å². The van der Waals surface area contributed by atoms with Crippen LogP contribution in [-0.2, 0) is 10.0 Å². The van der Waals surface area contributed by atoms with E-state index < -0.39 is 10.0 Å². The van der Waals surface area contributed by atoms with E-state index in [-0.39, 0.29) is 10.8 Å². The average molecular weight is 423 g/mol. The zero-order valence-corrected chi connectivity index (χ0v) is 18.4. The lowest BCUT2D eigenvalue weighted by Gasteiger charge is -2.13. The number of benzene rings is 3. The van der Waals surface area contributed by atoms with Crippen LogP contribution in [0.15, 0.2) is 71.6 Å². The summed E-state index contributed by atoms with van der Waals surface area (Å²) in [5.41, 5.74) is 4.32. The molecule has 3 aromatic carbocycles. The number of sulfonamides is 1. The van der Waals surface area contributed by atoms with Gasteiger partial charge in [-0.25, -0.2) is 8.42 Å². The van der Waals surface area contributed by atoms with Crippen molar-refractivity contribution in [2.45, 2.75) is 38.5 Å². The van der Waals surface area contributed by atoms with E-state index in [2.05, 4.69) is 23.9 Å². The molecule has 0 unspecified atom stereocenters. The van der Waals surface area contributed by atoms with Crippen LogP contribution in [0, 0.1) is 13.8 Å². The van der Waals surface area contributed by atoms with E-state index in [1.165, 1.54) is 5.56 Å². The van der Waals surface area contributed by atoms with E-state index in [1.807, 2.05) is 31.2 Å². The molecule has 5 nitrogen and oxygen atoms in total. The zero-order chi connectivity index (χ0) is 21.9. The summed E-state index contributed by atoms with van der Waals surface area (Å²) >= 11 is 0. The fraction of sp³-hybridized carbons (Fsp3) is 0.208. The van der Waals surface area contributed by atoms with Crippen molar-refractivity contribution in [2.75, 3.05) is 10.0 Å². The van der Waals surface area contributed by atoms with Crippen LogP contribution in [0.3, 0.4) is 0 Å². The Kier molecular flexibility index (Phi) is 6.27. The average Bonchev–Trinajstić information content (AvgIpc) is 2.70. The summed E-state index contributed by atoms with van der Waals surface area (Å²) < 4.78 is 28.0. The second-order valence-electron chi connectivity index (χ2n) is 7.68. The van der Waals surface area contributed by atoms with Crippen LogP contribution in [0.2, 0.25) is 0 Å². The first-order valence-electron chi connectivity index (χ1n) is 9.77. The molecule has 3 aromatic rings. The molecule has 0 heterocycles. The van der Waals surface area contributed by atoms with Crippen molar-refractivity contribution in [2.24, 2.45) is 0 Å². The Morgan fingerprint density at radius 3 is 2.10 bits per heavy atom. The summed E-state index contributed by atoms with van der Waals surface area (Å²) in [6.07, 6.45) is 0. The molecule has 0 bridgehead atoms. The van der Waals surface area contributed by atoms with Gasteiger partial charge in [-0.2, -0.15) is 0 Å². The molecule has 1 amide bonds. The fourth-order valence-corrected chi connectivity index (χ4v) is 4.07. The summed E-state index contributed by atoms with van der Waals surface area (Å²) in [6.45, 7) is 7.91. The molecule has 0 saturated carbocycles. The van der Waals surface area contributed by atoms with Gasteiger partial charge in [0.1, 0.15) is 0 Å². The standard InChI is InChI=1S/C24H26N2O3S/c1-16(2)19-9-11-21(12-10-19)25-24(27)20-8-7-18(4)23(15-20)26-30(28,29)22-13-5-17(3)6-14-22/h5-16,26H,1-4H3,(H,25,27). The smallest absolute Gasteiger partial charge is 0.261 e. The van der Waals surface area contributed by atoms with Gasteiger partial charge in [-0.05, 0) is 67.3 Å². The first-order valence-corrected chi connectivity index (χ1v) is 11.3. The SMILES string of the molecule is Cc1ccc(S(=O)(=O)Nc2cc(C(=O)Nc3ccc(C(C)C)cc3)ccc2C)cc1. The molecule has 0 atom stereocenters. The predicted molar refractivity (Wildman–Crippen MR) is 122 cm³/mol. The van der Waals surface area contributed by atoms with Gasteiger partial charge in [-0.15, -0.1) is 0 Å². The molecule has 156 valence electrons. The molecule has 0 spiro atoms. The highest BCUT2D eigenvalue weighted by Crippen LogP contribution is 2.23. The maximum Gasteiger partial charge on any atom is 0.261 e. The maximum atomic E-state index is 12.7. The summed E-state index contributed by atoms with van der Waals surface area (Å²) in [4.78, 5) is 12.9. The second kappa shape index (κ2) is 8.71. The second-order valence-corrected chi connectivity index (χ2v) is 9.36. The summed E-state index contributed by atoms with van der Waals surface area (Å²) in [5, 5.41) is 2.86.